The molecule has 0 amide bonds. The molecule has 2 aromatic carbocycles. The molecule has 1 aliphatic carbocycles. The number of benzene rings is 2. The highest BCUT2D eigenvalue weighted by Crippen LogP contribution is 2.45. The molecular weight excluding hydrogens is 466 g/mol. The first kappa shape index (κ1) is 21.6. The van der Waals surface area contributed by atoms with Crippen LogP contribution in [0, 0.1) is 0 Å². The molecule has 0 aliphatic heterocycles. The normalized spacial score (nSPS) is 12.5. The minimum atomic E-state index is -1.40. The summed E-state index contributed by atoms with van der Waals surface area (Å²) in [6.45, 7) is 2.26. The summed E-state index contributed by atoms with van der Waals surface area (Å²) in [6, 6.07) is 4.00. The Morgan fingerprint density at radius 3 is 1.66 bits per heavy atom. The van der Waals surface area contributed by atoms with E-state index in [1.165, 1.54) is 18.2 Å². The maximum absolute atomic E-state index is 13.1. The maximum Gasteiger partial charge on any atom is 0.305 e. The van der Waals surface area contributed by atoms with Crippen LogP contribution in [0.25, 0.3) is 0 Å². The molecule has 3 rings (SSSR count). The van der Waals surface area contributed by atoms with Gasteiger partial charge < -0.3 is 9.47 Å². The predicted molar refractivity (Wildman–Crippen MR) is 106 cm³/mol. The van der Waals surface area contributed by atoms with Crippen LogP contribution in [-0.2, 0) is 19.1 Å². The monoisotopic (exact) mass is 474 g/mol. The summed E-state index contributed by atoms with van der Waals surface area (Å²) >= 11 is 24.4. The Labute approximate surface area is 184 Å². The molecule has 6 nitrogen and oxygen atoms in total. The Balaban J connectivity index is 2.19. The lowest BCUT2D eigenvalue weighted by atomic mass is 9.83. The minimum Gasteiger partial charge on any atom is -0.421 e. The van der Waals surface area contributed by atoms with Gasteiger partial charge in [0, 0.05) is 30.5 Å². The number of halogens is 4. The van der Waals surface area contributed by atoms with Crippen molar-refractivity contribution in [2.75, 3.05) is 0 Å². The topological polar surface area (TPSA) is 86.7 Å². The number of carbonyl (C=O) groups excluding carboxylic acids is 4. The molecule has 0 aromatic heterocycles. The molecule has 0 unspecified atom stereocenters. The SMILES string of the molecule is CC(=O)OC(OC(C)=O)c1ccc2c(c1)C(=O)c1c(Cl)c(Cl)c(Cl)c(Cl)c1C2=O. The van der Waals surface area contributed by atoms with Crippen molar-refractivity contribution in [1.29, 1.82) is 0 Å². The van der Waals surface area contributed by atoms with E-state index in [4.69, 9.17) is 55.9 Å². The lowest BCUT2D eigenvalue weighted by Crippen LogP contribution is -2.23. The second-order valence-electron chi connectivity index (χ2n) is 6.02. The number of fused-ring (bicyclic) bond motifs is 2. The largest absolute Gasteiger partial charge is 0.421 e. The van der Waals surface area contributed by atoms with Crippen molar-refractivity contribution in [2.45, 2.75) is 20.1 Å². The highest BCUT2D eigenvalue weighted by Gasteiger charge is 2.37. The van der Waals surface area contributed by atoms with Crippen LogP contribution >= 0.6 is 46.4 Å². The van der Waals surface area contributed by atoms with Crippen LogP contribution in [0.3, 0.4) is 0 Å². The van der Waals surface area contributed by atoms with Crippen molar-refractivity contribution in [3.63, 3.8) is 0 Å². The zero-order chi connectivity index (χ0) is 21.6. The molecule has 1 aliphatic rings. The van der Waals surface area contributed by atoms with Crippen LogP contribution in [0.2, 0.25) is 20.1 Å². The quantitative estimate of drug-likeness (QED) is 0.224. The third-order valence-corrected chi connectivity index (χ3v) is 5.87. The van der Waals surface area contributed by atoms with E-state index in [-0.39, 0.29) is 47.9 Å². The number of hydrogen-bond acceptors (Lipinski definition) is 6. The number of rotatable bonds is 3. The zero-order valence-corrected chi connectivity index (χ0v) is 17.8. The number of carbonyl (C=O) groups is 4. The third kappa shape index (κ3) is 3.73. The number of ether oxygens (including phenoxy) is 2. The Hall–Kier alpha value is -2.12. The summed E-state index contributed by atoms with van der Waals surface area (Å²) in [5, 5.41) is -0.678. The van der Waals surface area contributed by atoms with Crippen molar-refractivity contribution in [3.8, 4) is 0 Å². The first-order valence-corrected chi connectivity index (χ1v) is 9.49. The van der Waals surface area contributed by atoms with E-state index < -0.39 is 29.8 Å². The van der Waals surface area contributed by atoms with Gasteiger partial charge in [-0.1, -0.05) is 52.5 Å². The highest BCUT2D eigenvalue weighted by atomic mass is 35.5. The first-order chi connectivity index (χ1) is 13.5. The van der Waals surface area contributed by atoms with E-state index in [2.05, 4.69) is 0 Å². The standard InChI is InChI=1S/C19H10Cl4O6/c1-6(24)28-19(29-7(2)25)8-3-4-9-10(5-8)18(27)12-11(17(9)26)13(20)15(22)16(23)14(12)21/h3-5,19H,1-2H3. The molecule has 0 saturated carbocycles. The molecule has 0 N–H and O–H groups in total. The summed E-state index contributed by atoms with van der Waals surface area (Å²) < 4.78 is 9.97. The maximum atomic E-state index is 13.1. The van der Waals surface area contributed by atoms with Gasteiger partial charge in [-0.3, -0.25) is 19.2 Å². The van der Waals surface area contributed by atoms with Crippen LogP contribution in [0.4, 0.5) is 0 Å². The van der Waals surface area contributed by atoms with Crippen molar-refractivity contribution in [1.82, 2.24) is 0 Å². The molecule has 0 heterocycles. The fraction of sp³-hybridized carbons (Fsp3) is 0.158. The highest BCUT2D eigenvalue weighted by molar-refractivity contribution is 6.55. The van der Waals surface area contributed by atoms with Gasteiger partial charge in [-0.25, -0.2) is 0 Å². The first-order valence-electron chi connectivity index (χ1n) is 7.98. The van der Waals surface area contributed by atoms with E-state index >= 15 is 0 Å². The van der Waals surface area contributed by atoms with E-state index in [1.54, 1.807) is 0 Å². The second-order valence-corrected chi connectivity index (χ2v) is 7.53. The third-order valence-electron chi connectivity index (χ3n) is 4.07. The average molecular weight is 476 g/mol. The van der Waals surface area contributed by atoms with E-state index in [9.17, 15) is 19.2 Å². The van der Waals surface area contributed by atoms with Gasteiger partial charge in [0.05, 0.1) is 31.2 Å². The van der Waals surface area contributed by atoms with E-state index in [0.717, 1.165) is 13.8 Å². The Kier molecular flexibility index (Phi) is 5.92. The molecule has 0 bridgehead atoms. The molecule has 150 valence electrons. The van der Waals surface area contributed by atoms with Gasteiger partial charge in [0.15, 0.2) is 11.6 Å². The Morgan fingerprint density at radius 1 is 0.759 bits per heavy atom. The summed E-state index contributed by atoms with van der Waals surface area (Å²) in [4.78, 5) is 48.7. The fourth-order valence-corrected chi connectivity index (χ4v) is 3.91. The summed E-state index contributed by atoms with van der Waals surface area (Å²) in [7, 11) is 0. The van der Waals surface area contributed by atoms with Gasteiger partial charge >= 0.3 is 11.9 Å². The molecule has 0 fully saturated rings. The smallest absolute Gasteiger partial charge is 0.305 e. The lowest BCUT2D eigenvalue weighted by molar-refractivity contribution is -0.186. The van der Waals surface area contributed by atoms with Gasteiger partial charge in [-0.2, -0.15) is 0 Å². The molecule has 0 saturated heterocycles. The van der Waals surface area contributed by atoms with Crippen LogP contribution in [0.5, 0.6) is 0 Å². The Bertz CT molecular complexity index is 1090. The average Bonchev–Trinajstić information content (AvgIpc) is 2.65. The molecule has 2 aromatic rings. The van der Waals surface area contributed by atoms with Gasteiger partial charge in [0.1, 0.15) is 0 Å². The fourth-order valence-electron chi connectivity index (χ4n) is 2.88. The molecule has 0 spiro atoms. The van der Waals surface area contributed by atoms with Crippen molar-refractivity contribution >= 4 is 69.9 Å². The second kappa shape index (κ2) is 7.95. The molecule has 29 heavy (non-hydrogen) atoms. The summed E-state index contributed by atoms with van der Waals surface area (Å²) in [5.41, 5.74) is -0.168. The molecule has 10 heteroatoms. The van der Waals surface area contributed by atoms with Crippen LogP contribution in [0.15, 0.2) is 18.2 Å². The van der Waals surface area contributed by atoms with Gasteiger partial charge in [0.25, 0.3) is 6.29 Å². The summed E-state index contributed by atoms with van der Waals surface area (Å²) in [6.07, 6.45) is -1.40. The van der Waals surface area contributed by atoms with E-state index in [0.29, 0.717) is 0 Å². The minimum absolute atomic E-state index is 0.0343. The van der Waals surface area contributed by atoms with Crippen LogP contribution in [-0.4, -0.2) is 23.5 Å². The van der Waals surface area contributed by atoms with E-state index in [1.807, 2.05) is 0 Å². The van der Waals surface area contributed by atoms with Crippen LogP contribution in [0.1, 0.15) is 57.5 Å². The van der Waals surface area contributed by atoms with Crippen molar-refractivity contribution < 1.29 is 28.7 Å². The number of esters is 2. The Morgan fingerprint density at radius 2 is 1.21 bits per heavy atom. The van der Waals surface area contributed by atoms with Gasteiger partial charge in [-0.15, -0.1) is 0 Å². The molecule has 0 atom stereocenters. The molecule has 0 radical (unpaired) electrons. The number of hydrogen-bond donors (Lipinski definition) is 0. The van der Waals surface area contributed by atoms with Crippen LogP contribution < -0.4 is 0 Å². The van der Waals surface area contributed by atoms with Gasteiger partial charge in [0.2, 0.25) is 0 Å². The van der Waals surface area contributed by atoms with Crippen molar-refractivity contribution in [2.24, 2.45) is 0 Å². The van der Waals surface area contributed by atoms with Crippen molar-refractivity contribution in [3.05, 3.63) is 66.1 Å². The van der Waals surface area contributed by atoms with Gasteiger partial charge in [-0.05, 0) is 12.1 Å². The number of ketones is 2. The predicted octanol–water partition coefficient (Wildman–Crippen LogP) is 5.20. The molecular formula is C19H10Cl4O6. The zero-order valence-electron chi connectivity index (χ0n) is 14.8. The summed E-state index contributed by atoms with van der Waals surface area (Å²) in [5.74, 6) is -2.63. The lowest BCUT2D eigenvalue weighted by Gasteiger charge is -2.23.